The topological polar surface area (TPSA) is 0 Å². The Bertz CT molecular complexity index is 939. The van der Waals surface area contributed by atoms with Crippen molar-refractivity contribution in [2.24, 2.45) is 0 Å². The first-order valence-corrected chi connectivity index (χ1v) is 24.9. The van der Waals surface area contributed by atoms with Crippen LogP contribution in [0.15, 0.2) is 63.4 Å². The molecule has 4 aliphatic carbocycles. The molecule has 4 aliphatic rings. The van der Waals surface area contributed by atoms with Crippen LogP contribution >= 0.6 is 17.2 Å². The number of rotatable bonds is 2. The van der Waals surface area contributed by atoms with Crippen LogP contribution in [0.25, 0.3) is 0 Å². The molecular formula is C24H30Cl2Hf. The Morgan fingerprint density at radius 1 is 0.741 bits per heavy atom. The number of hydrogen-bond acceptors (Lipinski definition) is 0. The van der Waals surface area contributed by atoms with Gasteiger partial charge in [0.05, 0.1) is 0 Å². The average molecular weight is 568 g/mol. The van der Waals surface area contributed by atoms with Crippen LogP contribution in [0, 0.1) is 0 Å². The van der Waals surface area contributed by atoms with E-state index in [9.17, 15) is 0 Å². The van der Waals surface area contributed by atoms with Crippen molar-refractivity contribution in [3.63, 3.8) is 0 Å². The van der Waals surface area contributed by atoms with Crippen LogP contribution in [0.4, 0.5) is 0 Å². The van der Waals surface area contributed by atoms with Gasteiger partial charge in [-0.1, -0.05) is 0 Å². The molecule has 0 heterocycles. The normalized spacial score (nSPS) is 23.7. The molecule has 0 saturated carbocycles. The van der Waals surface area contributed by atoms with E-state index < -0.39 is 15.7 Å². The van der Waals surface area contributed by atoms with E-state index >= 15 is 0 Å². The Hall–Kier alpha value is -0.240. The van der Waals surface area contributed by atoms with Gasteiger partial charge < -0.3 is 0 Å². The SMILES string of the molecule is C[CH]=[Hf]([Cl])([Cl])([C]1=C2CCCC(C)=C2C=C1C)[C]1=C2CCCC(C)=C2C=C1C. The molecule has 0 fully saturated rings. The van der Waals surface area contributed by atoms with Gasteiger partial charge in [0.2, 0.25) is 0 Å². The van der Waals surface area contributed by atoms with Crippen LogP contribution in [0.5, 0.6) is 0 Å². The van der Waals surface area contributed by atoms with Crippen molar-refractivity contribution >= 4 is 20.9 Å². The molecule has 0 saturated heterocycles. The van der Waals surface area contributed by atoms with Crippen molar-refractivity contribution < 1.29 is 15.7 Å². The summed E-state index contributed by atoms with van der Waals surface area (Å²) in [5.74, 6) is 0. The molecule has 0 radical (unpaired) electrons. The van der Waals surface area contributed by atoms with Crippen molar-refractivity contribution in [3.8, 4) is 0 Å². The second-order valence-corrected chi connectivity index (χ2v) is 36.7. The van der Waals surface area contributed by atoms with Gasteiger partial charge in [0.25, 0.3) is 0 Å². The van der Waals surface area contributed by atoms with Gasteiger partial charge >= 0.3 is 173 Å². The third-order valence-corrected chi connectivity index (χ3v) is 32.1. The Morgan fingerprint density at radius 2 is 1.15 bits per heavy atom. The molecule has 0 bridgehead atoms. The third kappa shape index (κ3) is 2.82. The van der Waals surface area contributed by atoms with E-state index in [1.54, 1.807) is 0 Å². The molecule has 3 heteroatoms. The summed E-state index contributed by atoms with van der Waals surface area (Å²) in [4.78, 5) is 0. The average Bonchev–Trinajstić information content (AvgIpc) is 3.14. The fourth-order valence-electron chi connectivity index (χ4n) is 5.80. The Morgan fingerprint density at radius 3 is 1.52 bits per heavy atom. The molecule has 0 N–H and O–H groups in total. The summed E-state index contributed by atoms with van der Waals surface area (Å²) in [6.45, 7) is 11.1. The molecule has 0 nitrogen and oxygen atoms in total. The van der Waals surface area contributed by atoms with Crippen LogP contribution in [0.1, 0.15) is 73.1 Å². The van der Waals surface area contributed by atoms with Crippen molar-refractivity contribution in [2.45, 2.75) is 73.1 Å². The van der Waals surface area contributed by atoms with E-state index in [-0.39, 0.29) is 0 Å². The van der Waals surface area contributed by atoms with Gasteiger partial charge in [-0.25, -0.2) is 0 Å². The molecular weight excluding hydrogens is 538 g/mol. The van der Waals surface area contributed by atoms with Gasteiger partial charge in [0.15, 0.2) is 0 Å². The number of fused-ring (bicyclic) bond motifs is 2. The van der Waals surface area contributed by atoms with Gasteiger partial charge in [0, 0.05) is 0 Å². The maximum atomic E-state index is 7.80. The molecule has 27 heavy (non-hydrogen) atoms. The summed E-state index contributed by atoms with van der Waals surface area (Å²) in [6.07, 6.45) is 11.8. The molecule has 0 aromatic heterocycles. The number of hydrogen-bond donors (Lipinski definition) is 0. The van der Waals surface area contributed by atoms with Crippen LogP contribution < -0.4 is 0 Å². The Balaban J connectivity index is 2.07. The van der Waals surface area contributed by atoms with Gasteiger partial charge in [-0.15, -0.1) is 0 Å². The van der Waals surface area contributed by atoms with E-state index in [1.165, 1.54) is 76.9 Å². The third-order valence-electron chi connectivity index (χ3n) is 7.06. The summed E-state index contributed by atoms with van der Waals surface area (Å²) in [6, 6.07) is 0. The van der Waals surface area contributed by atoms with E-state index in [2.05, 4.69) is 50.5 Å². The van der Waals surface area contributed by atoms with Gasteiger partial charge in [-0.05, 0) is 0 Å². The molecule has 0 amide bonds. The fourth-order valence-corrected chi connectivity index (χ4v) is 28.9. The molecule has 144 valence electrons. The molecule has 0 unspecified atom stereocenters. The minimum atomic E-state index is -4.66. The zero-order valence-electron chi connectivity index (χ0n) is 17.2. The van der Waals surface area contributed by atoms with Crippen molar-refractivity contribution in [2.75, 3.05) is 0 Å². The summed E-state index contributed by atoms with van der Waals surface area (Å²) < 4.78 is 4.93. The molecule has 0 aromatic carbocycles. The zero-order chi connectivity index (χ0) is 19.6. The van der Waals surface area contributed by atoms with Crippen molar-refractivity contribution in [3.05, 3.63) is 63.4 Å². The molecule has 0 spiro atoms. The van der Waals surface area contributed by atoms with E-state index in [0.29, 0.717) is 0 Å². The van der Waals surface area contributed by atoms with Crippen LogP contribution in [-0.2, 0) is 15.7 Å². The standard InChI is InChI=1S/2C11H13.C2H4.2ClH.Hf/c2*1-8-6-10-5-3-4-9(2)11(10)7-8;1-2;;;/h2*7H,3-5H2,1-2H3;1H,2H3;2*1H;/q;;;;;+2/p-2. The quantitative estimate of drug-likeness (QED) is 0.295. The minimum absolute atomic E-state index is 1.11. The summed E-state index contributed by atoms with van der Waals surface area (Å²) >= 11 is -4.66. The summed E-state index contributed by atoms with van der Waals surface area (Å²) in [5, 5.41) is 0. The molecule has 4 rings (SSSR count). The number of halogens is 2. The predicted molar refractivity (Wildman–Crippen MR) is 118 cm³/mol. The first-order chi connectivity index (χ1) is 12.7. The summed E-state index contributed by atoms with van der Waals surface area (Å²) in [5.41, 5.74) is 11.4. The zero-order valence-corrected chi connectivity index (χ0v) is 22.3. The van der Waals surface area contributed by atoms with Crippen molar-refractivity contribution in [1.82, 2.24) is 0 Å². The second kappa shape index (κ2) is 6.64. The second-order valence-electron chi connectivity index (χ2n) is 8.83. The van der Waals surface area contributed by atoms with E-state index in [1.807, 2.05) is 0 Å². The van der Waals surface area contributed by atoms with Crippen LogP contribution in [-0.4, -0.2) is 3.76 Å². The Labute approximate surface area is 172 Å². The van der Waals surface area contributed by atoms with Crippen molar-refractivity contribution in [1.29, 1.82) is 0 Å². The molecule has 0 aromatic rings. The maximum absolute atomic E-state index is 7.80. The first kappa shape index (κ1) is 20.1. The summed E-state index contributed by atoms with van der Waals surface area (Å²) in [7, 11) is 15.6. The van der Waals surface area contributed by atoms with Crippen LogP contribution in [0.3, 0.4) is 0 Å². The van der Waals surface area contributed by atoms with Gasteiger partial charge in [-0.3, -0.25) is 0 Å². The fraction of sp³-hybridized carbons (Fsp3) is 0.458. The van der Waals surface area contributed by atoms with E-state index in [0.717, 1.165) is 12.8 Å². The monoisotopic (exact) mass is 568 g/mol. The Kier molecular flexibility index (Phi) is 4.93. The predicted octanol–water partition coefficient (Wildman–Crippen LogP) is 8.23. The van der Waals surface area contributed by atoms with E-state index in [4.69, 9.17) is 17.2 Å². The molecule has 0 atom stereocenters. The van der Waals surface area contributed by atoms with Gasteiger partial charge in [-0.2, -0.15) is 0 Å². The first-order valence-electron chi connectivity index (χ1n) is 10.3. The van der Waals surface area contributed by atoms with Gasteiger partial charge in [0.1, 0.15) is 0 Å². The van der Waals surface area contributed by atoms with Crippen LogP contribution in [0.2, 0.25) is 0 Å². The number of allylic oxidation sites excluding steroid dienone is 12. The molecule has 0 aliphatic heterocycles.